The maximum absolute atomic E-state index is 11.2. The monoisotopic (exact) mass is 416 g/mol. The normalized spacial score (nSPS) is 10.3. The van der Waals surface area contributed by atoms with Gasteiger partial charge in [0.1, 0.15) is 5.69 Å². The van der Waals surface area contributed by atoms with E-state index >= 15 is 0 Å². The molecule has 0 atom stereocenters. The molecule has 114 valence electrons. The predicted molar refractivity (Wildman–Crippen MR) is 101 cm³/mol. The molecule has 23 heavy (non-hydrogen) atoms. The molecular formula is C18H13IN2O2. The van der Waals surface area contributed by atoms with E-state index in [0.717, 1.165) is 20.4 Å². The highest BCUT2D eigenvalue weighted by molar-refractivity contribution is 14.1. The number of nitrogens with zero attached hydrogens (tertiary/aromatic N) is 1. The van der Waals surface area contributed by atoms with E-state index in [2.05, 4.69) is 27.9 Å². The maximum atomic E-state index is 11.2. The zero-order chi connectivity index (χ0) is 16.2. The Morgan fingerprint density at radius 1 is 0.870 bits per heavy atom. The Morgan fingerprint density at radius 2 is 1.57 bits per heavy atom. The van der Waals surface area contributed by atoms with Crippen molar-refractivity contribution in [1.82, 2.24) is 0 Å². The van der Waals surface area contributed by atoms with Gasteiger partial charge in [0.15, 0.2) is 0 Å². The summed E-state index contributed by atoms with van der Waals surface area (Å²) < 4.78 is 0.938. The minimum Gasteiger partial charge on any atom is -0.349 e. The number of halogens is 1. The molecule has 0 unspecified atom stereocenters. The SMILES string of the molecule is O=[N+]([O-])c1ccc(I)cc1Nc1ccccc1-c1ccccc1. The highest BCUT2D eigenvalue weighted by Gasteiger charge is 2.15. The summed E-state index contributed by atoms with van der Waals surface area (Å²) in [7, 11) is 0. The first-order valence-electron chi connectivity index (χ1n) is 7.00. The van der Waals surface area contributed by atoms with Gasteiger partial charge in [0, 0.05) is 20.9 Å². The number of nitro groups is 1. The average Bonchev–Trinajstić information content (AvgIpc) is 2.56. The molecule has 0 aliphatic rings. The number of rotatable bonds is 4. The zero-order valence-corrected chi connectivity index (χ0v) is 14.2. The third-order valence-corrected chi connectivity index (χ3v) is 4.11. The van der Waals surface area contributed by atoms with Crippen molar-refractivity contribution in [3.8, 4) is 11.1 Å². The fraction of sp³-hybridized carbons (Fsp3) is 0. The van der Waals surface area contributed by atoms with Gasteiger partial charge in [0.05, 0.1) is 4.92 Å². The van der Waals surface area contributed by atoms with Gasteiger partial charge in [0.25, 0.3) is 5.69 Å². The summed E-state index contributed by atoms with van der Waals surface area (Å²) in [5, 5.41) is 14.5. The van der Waals surface area contributed by atoms with Gasteiger partial charge < -0.3 is 5.32 Å². The Bertz CT molecular complexity index is 851. The zero-order valence-electron chi connectivity index (χ0n) is 12.1. The number of nitrogens with one attached hydrogen (secondary N) is 1. The molecule has 0 spiro atoms. The molecule has 3 aromatic carbocycles. The molecule has 0 amide bonds. The lowest BCUT2D eigenvalue weighted by Crippen LogP contribution is -1.99. The predicted octanol–water partition coefficient (Wildman–Crippen LogP) is 5.61. The summed E-state index contributed by atoms with van der Waals surface area (Å²) >= 11 is 2.15. The molecule has 0 heterocycles. The van der Waals surface area contributed by atoms with Crippen LogP contribution in [0.25, 0.3) is 11.1 Å². The summed E-state index contributed by atoms with van der Waals surface area (Å²) in [6, 6.07) is 22.8. The van der Waals surface area contributed by atoms with Crippen LogP contribution in [-0.2, 0) is 0 Å². The quantitative estimate of drug-likeness (QED) is 0.342. The number of para-hydroxylation sites is 1. The van der Waals surface area contributed by atoms with Gasteiger partial charge in [-0.05, 0) is 46.4 Å². The van der Waals surface area contributed by atoms with Gasteiger partial charge in [0.2, 0.25) is 0 Å². The van der Waals surface area contributed by atoms with Gasteiger partial charge in [-0.25, -0.2) is 0 Å². The molecule has 0 bridgehead atoms. The van der Waals surface area contributed by atoms with Crippen molar-refractivity contribution in [1.29, 1.82) is 0 Å². The first kappa shape index (κ1) is 15.5. The van der Waals surface area contributed by atoms with Crippen LogP contribution < -0.4 is 5.32 Å². The third kappa shape index (κ3) is 3.50. The van der Waals surface area contributed by atoms with E-state index in [1.807, 2.05) is 54.6 Å². The summed E-state index contributed by atoms with van der Waals surface area (Å²) in [6.07, 6.45) is 0. The van der Waals surface area contributed by atoms with Crippen molar-refractivity contribution in [3.05, 3.63) is 86.5 Å². The highest BCUT2D eigenvalue weighted by atomic mass is 127. The van der Waals surface area contributed by atoms with Crippen molar-refractivity contribution in [2.45, 2.75) is 0 Å². The Labute approximate surface area is 147 Å². The molecule has 0 fully saturated rings. The van der Waals surface area contributed by atoms with Crippen LogP contribution in [0.2, 0.25) is 0 Å². The lowest BCUT2D eigenvalue weighted by Gasteiger charge is -2.13. The molecule has 1 N–H and O–H groups in total. The van der Waals surface area contributed by atoms with Gasteiger partial charge >= 0.3 is 0 Å². The molecule has 0 aromatic heterocycles. The molecule has 3 rings (SSSR count). The van der Waals surface area contributed by atoms with Crippen LogP contribution in [0, 0.1) is 13.7 Å². The lowest BCUT2D eigenvalue weighted by molar-refractivity contribution is -0.383. The molecule has 0 saturated carbocycles. The summed E-state index contributed by atoms with van der Waals surface area (Å²) in [6.45, 7) is 0. The largest absolute Gasteiger partial charge is 0.349 e. The summed E-state index contributed by atoms with van der Waals surface area (Å²) in [5.74, 6) is 0. The molecule has 3 aromatic rings. The number of anilines is 2. The minimum atomic E-state index is -0.371. The maximum Gasteiger partial charge on any atom is 0.292 e. The molecule has 0 aliphatic heterocycles. The van der Waals surface area contributed by atoms with Crippen LogP contribution >= 0.6 is 22.6 Å². The topological polar surface area (TPSA) is 55.2 Å². The van der Waals surface area contributed by atoms with Crippen LogP contribution in [0.3, 0.4) is 0 Å². The first-order valence-corrected chi connectivity index (χ1v) is 8.08. The van der Waals surface area contributed by atoms with Crippen LogP contribution in [0.15, 0.2) is 72.8 Å². The van der Waals surface area contributed by atoms with Crippen LogP contribution in [0.1, 0.15) is 0 Å². The fourth-order valence-corrected chi connectivity index (χ4v) is 2.87. The molecule has 0 aliphatic carbocycles. The van der Waals surface area contributed by atoms with Gasteiger partial charge in [-0.15, -0.1) is 0 Å². The van der Waals surface area contributed by atoms with Crippen molar-refractivity contribution in [2.75, 3.05) is 5.32 Å². The van der Waals surface area contributed by atoms with E-state index < -0.39 is 0 Å². The third-order valence-electron chi connectivity index (χ3n) is 3.44. The standard InChI is InChI=1S/C18H13IN2O2/c19-14-10-11-18(21(22)23)17(12-14)20-16-9-5-4-8-15(16)13-6-2-1-3-7-13/h1-12,20H. The number of nitro benzene ring substituents is 1. The Hall–Kier alpha value is -2.41. The number of benzene rings is 3. The number of hydrogen-bond donors (Lipinski definition) is 1. The fourth-order valence-electron chi connectivity index (χ4n) is 2.37. The Kier molecular flexibility index (Phi) is 4.57. The van der Waals surface area contributed by atoms with E-state index in [9.17, 15) is 10.1 Å². The average molecular weight is 416 g/mol. The second-order valence-electron chi connectivity index (χ2n) is 4.96. The van der Waals surface area contributed by atoms with Crippen molar-refractivity contribution < 1.29 is 4.92 Å². The molecule has 0 saturated heterocycles. The number of hydrogen-bond acceptors (Lipinski definition) is 3. The van der Waals surface area contributed by atoms with E-state index in [1.165, 1.54) is 6.07 Å². The molecular weight excluding hydrogens is 403 g/mol. The highest BCUT2D eigenvalue weighted by Crippen LogP contribution is 2.34. The second-order valence-corrected chi connectivity index (χ2v) is 6.20. The summed E-state index contributed by atoms with van der Waals surface area (Å²) in [4.78, 5) is 10.9. The van der Waals surface area contributed by atoms with Gasteiger partial charge in [-0.2, -0.15) is 0 Å². The molecule has 4 nitrogen and oxygen atoms in total. The van der Waals surface area contributed by atoms with Crippen molar-refractivity contribution >= 4 is 39.7 Å². The Morgan fingerprint density at radius 3 is 2.30 bits per heavy atom. The van der Waals surface area contributed by atoms with Crippen LogP contribution in [0.4, 0.5) is 17.1 Å². The lowest BCUT2D eigenvalue weighted by atomic mass is 10.0. The molecule has 5 heteroatoms. The van der Waals surface area contributed by atoms with Crippen LogP contribution in [0.5, 0.6) is 0 Å². The van der Waals surface area contributed by atoms with Gasteiger partial charge in [-0.1, -0.05) is 48.5 Å². The molecule has 0 radical (unpaired) electrons. The smallest absolute Gasteiger partial charge is 0.292 e. The van der Waals surface area contributed by atoms with E-state index in [-0.39, 0.29) is 10.6 Å². The minimum absolute atomic E-state index is 0.0632. The first-order chi connectivity index (χ1) is 11.1. The van der Waals surface area contributed by atoms with Crippen molar-refractivity contribution in [2.24, 2.45) is 0 Å². The van der Waals surface area contributed by atoms with E-state index in [0.29, 0.717) is 5.69 Å². The summed E-state index contributed by atoms with van der Waals surface area (Å²) in [5.41, 5.74) is 3.45. The second kappa shape index (κ2) is 6.78. The Balaban J connectivity index is 2.05. The van der Waals surface area contributed by atoms with Crippen LogP contribution in [-0.4, -0.2) is 4.92 Å². The van der Waals surface area contributed by atoms with E-state index in [4.69, 9.17) is 0 Å². The van der Waals surface area contributed by atoms with Crippen molar-refractivity contribution in [3.63, 3.8) is 0 Å². The van der Waals surface area contributed by atoms with E-state index in [1.54, 1.807) is 12.1 Å². The van der Waals surface area contributed by atoms with Gasteiger partial charge in [-0.3, -0.25) is 10.1 Å².